The smallest absolute Gasteiger partial charge is 0.222 e. The first kappa shape index (κ1) is 16.5. The molecule has 3 heterocycles. The summed E-state index contributed by atoms with van der Waals surface area (Å²) in [4.78, 5) is 21.2. The second-order valence-corrected chi connectivity index (χ2v) is 6.80. The summed E-state index contributed by atoms with van der Waals surface area (Å²) in [6, 6.07) is 0. The zero-order chi connectivity index (χ0) is 16.2. The highest BCUT2D eigenvalue weighted by Gasteiger charge is 2.25. The van der Waals surface area contributed by atoms with E-state index in [4.69, 9.17) is 4.42 Å². The predicted molar refractivity (Wildman–Crippen MR) is 88.0 cm³/mol. The van der Waals surface area contributed by atoms with Gasteiger partial charge in [0.25, 0.3) is 0 Å². The number of hydrogen-bond donors (Lipinski definition) is 1. The van der Waals surface area contributed by atoms with Crippen LogP contribution in [0.25, 0.3) is 0 Å². The van der Waals surface area contributed by atoms with Crippen LogP contribution in [0, 0.1) is 19.8 Å². The van der Waals surface area contributed by atoms with Crippen LogP contribution in [0.2, 0.25) is 0 Å². The fourth-order valence-electron chi connectivity index (χ4n) is 3.42. The molecule has 0 unspecified atom stereocenters. The Morgan fingerprint density at radius 1 is 1.22 bits per heavy atom. The van der Waals surface area contributed by atoms with E-state index in [0.29, 0.717) is 11.8 Å². The van der Waals surface area contributed by atoms with E-state index >= 15 is 0 Å². The lowest BCUT2D eigenvalue weighted by Gasteiger charge is -2.35. The minimum absolute atomic E-state index is 0.333. The van der Waals surface area contributed by atoms with Gasteiger partial charge >= 0.3 is 0 Å². The maximum Gasteiger partial charge on any atom is 0.222 e. The zero-order valence-corrected chi connectivity index (χ0v) is 14.3. The highest BCUT2D eigenvalue weighted by atomic mass is 16.4. The molecule has 1 aromatic rings. The van der Waals surface area contributed by atoms with Crippen LogP contribution < -0.4 is 5.32 Å². The van der Waals surface area contributed by atoms with Crippen molar-refractivity contribution in [1.82, 2.24) is 20.1 Å². The lowest BCUT2D eigenvalue weighted by Crippen LogP contribution is -2.48. The fraction of sp³-hybridized carbons (Fsp3) is 0.765. The summed E-state index contributed by atoms with van der Waals surface area (Å²) >= 11 is 0. The number of aryl methyl sites for hydroxylation is 2. The van der Waals surface area contributed by atoms with Crippen molar-refractivity contribution < 1.29 is 9.21 Å². The molecule has 6 heteroatoms. The number of carbonyl (C=O) groups excluding carboxylic acids is 1. The molecule has 0 atom stereocenters. The van der Waals surface area contributed by atoms with Crippen molar-refractivity contribution in [2.24, 2.45) is 5.92 Å². The van der Waals surface area contributed by atoms with Gasteiger partial charge in [-0.3, -0.25) is 9.69 Å². The summed E-state index contributed by atoms with van der Waals surface area (Å²) in [7, 11) is 0. The summed E-state index contributed by atoms with van der Waals surface area (Å²) in [5.74, 6) is 2.59. The molecule has 3 rings (SSSR count). The number of rotatable bonds is 4. The van der Waals surface area contributed by atoms with Crippen LogP contribution in [-0.4, -0.2) is 60.0 Å². The molecule has 2 aliphatic heterocycles. The molecule has 1 N–H and O–H groups in total. The van der Waals surface area contributed by atoms with Gasteiger partial charge in [-0.25, -0.2) is 4.98 Å². The van der Waals surface area contributed by atoms with Gasteiger partial charge in [-0.2, -0.15) is 0 Å². The third-order valence-corrected chi connectivity index (χ3v) is 5.08. The first-order valence-corrected chi connectivity index (χ1v) is 8.75. The molecule has 23 heavy (non-hydrogen) atoms. The van der Waals surface area contributed by atoms with Crippen LogP contribution >= 0.6 is 0 Å². The van der Waals surface area contributed by atoms with Gasteiger partial charge in [-0.15, -0.1) is 0 Å². The molecule has 2 fully saturated rings. The topological polar surface area (TPSA) is 61.6 Å². The first-order valence-electron chi connectivity index (χ1n) is 8.75. The monoisotopic (exact) mass is 320 g/mol. The predicted octanol–water partition coefficient (Wildman–Crippen LogP) is 1.33. The second-order valence-electron chi connectivity index (χ2n) is 6.80. The van der Waals surface area contributed by atoms with Crippen LogP contribution in [0.15, 0.2) is 4.42 Å². The highest BCUT2D eigenvalue weighted by molar-refractivity contribution is 5.76. The van der Waals surface area contributed by atoms with Crippen molar-refractivity contribution in [2.45, 2.75) is 39.7 Å². The second kappa shape index (κ2) is 7.45. The number of hydrogen-bond acceptors (Lipinski definition) is 5. The Morgan fingerprint density at radius 2 is 1.91 bits per heavy atom. The van der Waals surface area contributed by atoms with E-state index in [1.807, 2.05) is 18.7 Å². The highest BCUT2D eigenvalue weighted by Crippen LogP contribution is 2.18. The van der Waals surface area contributed by atoms with E-state index in [1.54, 1.807) is 0 Å². The molecule has 0 spiro atoms. The van der Waals surface area contributed by atoms with Crippen LogP contribution in [0.3, 0.4) is 0 Å². The largest absolute Gasteiger partial charge is 0.444 e. The Bertz CT molecular complexity index is 509. The molecular weight excluding hydrogens is 292 g/mol. The van der Waals surface area contributed by atoms with Crippen LogP contribution in [0.4, 0.5) is 0 Å². The Balaban J connectivity index is 1.43. The number of amides is 1. The first-order chi connectivity index (χ1) is 11.1. The van der Waals surface area contributed by atoms with E-state index < -0.39 is 0 Å². The van der Waals surface area contributed by atoms with Gasteiger partial charge < -0.3 is 14.6 Å². The molecule has 0 radical (unpaired) electrons. The number of aromatic nitrogens is 1. The molecule has 0 aromatic carbocycles. The van der Waals surface area contributed by atoms with Gasteiger partial charge in [0, 0.05) is 32.6 Å². The maximum atomic E-state index is 12.4. The van der Waals surface area contributed by atoms with Crippen LogP contribution in [0.5, 0.6) is 0 Å². The zero-order valence-electron chi connectivity index (χ0n) is 14.3. The van der Waals surface area contributed by atoms with Gasteiger partial charge in [0.15, 0.2) is 0 Å². The molecule has 1 amide bonds. The number of piperidine rings is 1. The Hall–Kier alpha value is -1.40. The number of carbonyl (C=O) groups is 1. The summed E-state index contributed by atoms with van der Waals surface area (Å²) in [6.45, 7) is 10.2. The molecule has 128 valence electrons. The summed E-state index contributed by atoms with van der Waals surface area (Å²) in [5.41, 5.74) is 0.968. The van der Waals surface area contributed by atoms with Gasteiger partial charge in [0.05, 0.1) is 12.2 Å². The fourth-order valence-corrected chi connectivity index (χ4v) is 3.42. The molecule has 0 saturated carbocycles. The minimum Gasteiger partial charge on any atom is -0.444 e. The minimum atomic E-state index is 0.333. The van der Waals surface area contributed by atoms with E-state index in [9.17, 15) is 4.79 Å². The lowest BCUT2D eigenvalue weighted by atomic mass is 9.94. The number of nitrogens with one attached hydrogen (secondary N) is 1. The normalized spacial score (nSPS) is 20.9. The molecule has 2 aliphatic rings. The van der Waals surface area contributed by atoms with Crippen molar-refractivity contribution in [1.29, 1.82) is 0 Å². The Kier molecular flexibility index (Phi) is 5.33. The standard InChI is InChI=1S/C17H28N4O2/c1-13-14(2)23-16(19-13)12-20-7-9-21(10-8-20)17(22)11-15-3-5-18-6-4-15/h15,18H,3-12H2,1-2H3. The molecular formula is C17H28N4O2. The summed E-state index contributed by atoms with van der Waals surface area (Å²) in [5, 5.41) is 3.36. The van der Waals surface area contributed by atoms with E-state index in [1.165, 1.54) is 0 Å². The van der Waals surface area contributed by atoms with Crippen LogP contribution in [-0.2, 0) is 11.3 Å². The van der Waals surface area contributed by atoms with Gasteiger partial charge in [0.2, 0.25) is 11.8 Å². The van der Waals surface area contributed by atoms with Crippen molar-refractivity contribution in [2.75, 3.05) is 39.3 Å². The number of nitrogens with zero attached hydrogens (tertiary/aromatic N) is 3. The molecule has 6 nitrogen and oxygen atoms in total. The number of oxazole rings is 1. The van der Waals surface area contributed by atoms with Crippen molar-refractivity contribution in [3.05, 3.63) is 17.3 Å². The Morgan fingerprint density at radius 3 is 2.52 bits per heavy atom. The molecule has 0 bridgehead atoms. The Labute approximate surface area is 138 Å². The summed E-state index contributed by atoms with van der Waals surface area (Å²) in [6.07, 6.45) is 2.99. The van der Waals surface area contributed by atoms with Gasteiger partial charge in [-0.05, 0) is 45.7 Å². The summed E-state index contributed by atoms with van der Waals surface area (Å²) < 4.78 is 5.65. The van der Waals surface area contributed by atoms with Crippen molar-refractivity contribution in [3.63, 3.8) is 0 Å². The average molecular weight is 320 g/mol. The van der Waals surface area contributed by atoms with Crippen molar-refractivity contribution >= 4 is 5.91 Å². The van der Waals surface area contributed by atoms with Gasteiger partial charge in [0.1, 0.15) is 5.76 Å². The van der Waals surface area contributed by atoms with E-state index in [0.717, 1.165) is 82.4 Å². The third-order valence-electron chi connectivity index (χ3n) is 5.08. The van der Waals surface area contributed by atoms with Gasteiger partial charge in [-0.1, -0.05) is 0 Å². The molecule has 0 aliphatic carbocycles. The SMILES string of the molecule is Cc1nc(CN2CCN(C(=O)CC3CCNCC3)CC2)oc1C. The van der Waals surface area contributed by atoms with E-state index in [-0.39, 0.29) is 0 Å². The molecule has 2 saturated heterocycles. The van der Waals surface area contributed by atoms with Crippen molar-refractivity contribution in [3.8, 4) is 0 Å². The average Bonchev–Trinajstić information content (AvgIpc) is 2.87. The lowest BCUT2D eigenvalue weighted by molar-refractivity contribution is -0.134. The number of piperazine rings is 1. The quantitative estimate of drug-likeness (QED) is 0.907. The maximum absolute atomic E-state index is 12.4. The van der Waals surface area contributed by atoms with Crippen LogP contribution in [0.1, 0.15) is 36.6 Å². The van der Waals surface area contributed by atoms with E-state index in [2.05, 4.69) is 15.2 Å². The third kappa shape index (κ3) is 4.32. The molecule has 1 aromatic heterocycles.